The lowest BCUT2D eigenvalue weighted by atomic mass is 10.1. The van der Waals surface area contributed by atoms with Gasteiger partial charge >= 0.3 is 0 Å². The number of alkyl halides is 3. The molecule has 0 bridgehead atoms. The molecule has 0 aliphatic heterocycles. The zero-order valence-electron chi connectivity index (χ0n) is 11.8. The zero-order valence-corrected chi connectivity index (χ0v) is 14.1. The van der Waals surface area contributed by atoms with Gasteiger partial charge in [-0.05, 0) is 26.3 Å². The van der Waals surface area contributed by atoms with Gasteiger partial charge in [0.2, 0.25) is 12.1 Å². The third kappa shape index (κ3) is 6.80. The van der Waals surface area contributed by atoms with Gasteiger partial charge in [0.05, 0.1) is 12.0 Å². The van der Waals surface area contributed by atoms with E-state index in [1.54, 1.807) is 0 Å². The van der Waals surface area contributed by atoms with Crippen LogP contribution < -0.4 is 10.6 Å². The lowest BCUT2D eigenvalue weighted by Gasteiger charge is -2.29. The smallest absolute Gasteiger partial charge is 0.262 e. The van der Waals surface area contributed by atoms with Crippen LogP contribution in [-0.2, 0) is 11.2 Å². The third-order valence-electron chi connectivity index (χ3n) is 2.54. The molecule has 1 amide bonds. The fourth-order valence-corrected chi connectivity index (χ4v) is 2.08. The van der Waals surface area contributed by atoms with E-state index >= 15 is 0 Å². The van der Waals surface area contributed by atoms with Crippen LogP contribution in [0.1, 0.15) is 26.3 Å². The molecule has 1 atom stereocenters. The molecular weight excluding hydrogens is 319 g/mol. The van der Waals surface area contributed by atoms with E-state index in [0.29, 0.717) is 0 Å². The molecule has 0 fully saturated rings. The first-order valence-corrected chi connectivity index (χ1v) is 7.47. The lowest BCUT2D eigenvalue weighted by molar-refractivity contribution is -0.749. The van der Waals surface area contributed by atoms with Crippen LogP contribution in [0.4, 0.5) is 0 Å². The van der Waals surface area contributed by atoms with E-state index in [0.717, 1.165) is 5.56 Å². The van der Waals surface area contributed by atoms with E-state index in [9.17, 15) is 4.79 Å². The highest BCUT2D eigenvalue weighted by atomic mass is 35.6. The average Bonchev–Trinajstić information content (AvgIpc) is 2.26. The minimum atomic E-state index is -1.57. The van der Waals surface area contributed by atoms with Gasteiger partial charge < -0.3 is 10.6 Å². The number of hydrogen-bond acceptors (Lipinski definition) is 1. The van der Waals surface area contributed by atoms with E-state index in [1.165, 1.54) is 0 Å². The van der Waals surface area contributed by atoms with Crippen LogP contribution in [0.5, 0.6) is 0 Å². The quantitative estimate of drug-likeness (QED) is 0.643. The minimum absolute atomic E-state index is 0.172. The van der Waals surface area contributed by atoms with E-state index in [4.69, 9.17) is 34.8 Å². The Morgan fingerprint density at radius 3 is 2.20 bits per heavy atom. The van der Waals surface area contributed by atoms with Crippen LogP contribution in [0.3, 0.4) is 0 Å². The molecule has 1 aromatic carbocycles. The van der Waals surface area contributed by atoms with Gasteiger partial charge in [-0.1, -0.05) is 65.1 Å². The summed E-state index contributed by atoms with van der Waals surface area (Å²) in [6, 6.07) is 9.44. The van der Waals surface area contributed by atoms with Crippen molar-refractivity contribution in [1.82, 2.24) is 5.32 Å². The summed E-state index contributed by atoms with van der Waals surface area (Å²) in [7, 11) is 0. The Bertz CT molecular complexity index is 438. The third-order valence-corrected chi connectivity index (χ3v) is 3.25. The Morgan fingerprint density at radius 1 is 1.20 bits per heavy atom. The van der Waals surface area contributed by atoms with Crippen molar-refractivity contribution in [2.24, 2.45) is 0 Å². The molecule has 0 aliphatic rings. The van der Waals surface area contributed by atoms with Gasteiger partial charge in [-0.3, -0.25) is 4.79 Å². The number of nitrogens with two attached hydrogens (primary N) is 1. The monoisotopic (exact) mass is 337 g/mol. The Hall–Kier alpha value is -0.480. The van der Waals surface area contributed by atoms with Crippen molar-refractivity contribution in [3.8, 4) is 0 Å². The second kappa shape index (κ2) is 6.99. The maximum absolute atomic E-state index is 12.0. The number of amides is 1. The van der Waals surface area contributed by atoms with Gasteiger partial charge in [0, 0.05) is 0 Å². The molecule has 0 saturated carbocycles. The van der Waals surface area contributed by atoms with Crippen molar-refractivity contribution in [3.63, 3.8) is 0 Å². The first-order valence-electron chi connectivity index (χ1n) is 6.34. The highest BCUT2D eigenvalue weighted by molar-refractivity contribution is 6.68. The highest BCUT2D eigenvalue weighted by Crippen LogP contribution is 2.27. The molecule has 20 heavy (non-hydrogen) atoms. The summed E-state index contributed by atoms with van der Waals surface area (Å²) in [5, 5.41) is 4.61. The molecule has 1 rings (SSSR count). The number of carbonyl (C=O) groups excluding carboxylic acids is 1. The lowest BCUT2D eigenvalue weighted by Crippen LogP contribution is -3.03. The SMILES string of the molecule is CC(C)(C)[NH2+]C(NC(=O)Cc1ccccc1)C(Cl)(Cl)Cl. The van der Waals surface area contributed by atoms with Gasteiger partial charge in [0.25, 0.3) is 3.79 Å². The zero-order chi connectivity index (χ0) is 15.4. The number of hydrogen-bond donors (Lipinski definition) is 2. The topological polar surface area (TPSA) is 45.7 Å². The largest absolute Gasteiger partial charge is 0.319 e. The second-order valence-electron chi connectivity index (χ2n) is 5.78. The molecule has 0 aromatic heterocycles. The predicted octanol–water partition coefficient (Wildman–Crippen LogP) is 2.40. The summed E-state index contributed by atoms with van der Waals surface area (Å²) >= 11 is 17.8. The molecule has 0 saturated heterocycles. The van der Waals surface area contributed by atoms with Crippen molar-refractivity contribution in [1.29, 1.82) is 0 Å². The number of carbonyl (C=O) groups is 1. The van der Waals surface area contributed by atoms with Crippen molar-refractivity contribution < 1.29 is 10.1 Å². The number of quaternary nitrogens is 1. The molecule has 3 N–H and O–H groups in total. The Balaban J connectivity index is 2.68. The van der Waals surface area contributed by atoms with Crippen LogP contribution in [0.25, 0.3) is 0 Å². The number of halogens is 3. The van der Waals surface area contributed by atoms with Gasteiger partial charge in [-0.2, -0.15) is 0 Å². The molecule has 0 spiro atoms. The minimum Gasteiger partial charge on any atom is -0.319 e. The first-order chi connectivity index (χ1) is 9.08. The van der Waals surface area contributed by atoms with Crippen LogP contribution in [-0.4, -0.2) is 21.4 Å². The van der Waals surface area contributed by atoms with Crippen molar-refractivity contribution in [2.45, 2.75) is 42.7 Å². The van der Waals surface area contributed by atoms with Crippen molar-refractivity contribution >= 4 is 40.7 Å². The second-order valence-corrected chi connectivity index (χ2v) is 8.15. The average molecular weight is 339 g/mol. The fourth-order valence-electron chi connectivity index (χ4n) is 1.72. The molecule has 112 valence electrons. The van der Waals surface area contributed by atoms with Crippen LogP contribution in [0, 0.1) is 0 Å². The number of rotatable bonds is 4. The summed E-state index contributed by atoms with van der Waals surface area (Å²) in [6.07, 6.45) is -0.375. The van der Waals surface area contributed by atoms with Crippen LogP contribution >= 0.6 is 34.8 Å². The molecule has 0 heterocycles. The van der Waals surface area contributed by atoms with E-state index < -0.39 is 9.96 Å². The van der Waals surface area contributed by atoms with Gasteiger partial charge in [-0.15, -0.1) is 0 Å². The predicted molar refractivity (Wildman–Crippen MR) is 84.0 cm³/mol. The van der Waals surface area contributed by atoms with Gasteiger partial charge in [0.1, 0.15) is 0 Å². The molecule has 6 heteroatoms. The summed E-state index contributed by atoms with van der Waals surface area (Å²) in [5.74, 6) is -0.173. The first kappa shape index (κ1) is 17.6. The molecule has 0 aliphatic carbocycles. The van der Waals surface area contributed by atoms with Crippen molar-refractivity contribution in [2.75, 3.05) is 0 Å². The van der Waals surface area contributed by atoms with Gasteiger partial charge in [-0.25, -0.2) is 0 Å². The maximum Gasteiger partial charge on any atom is 0.262 e. The normalized spacial score (nSPS) is 13.9. The summed E-state index contributed by atoms with van der Waals surface area (Å²) < 4.78 is -1.57. The molecular formula is C14H20Cl3N2O+. The van der Waals surface area contributed by atoms with E-state index in [-0.39, 0.29) is 17.9 Å². The highest BCUT2D eigenvalue weighted by Gasteiger charge is 2.40. The van der Waals surface area contributed by atoms with E-state index in [2.05, 4.69) is 5.32 Å². The number of benzene rings is 1. The Morgan fingerprint density at radius 2 is 1.75 bits per heavy atom. The molecule has 1 unspecified atom stereocenters. The van der Waals surface area contributed by atoms with Crippen molar-refractivity contribution in [3.05, 3.63) is 35.9 Å². The van der Waals surface area contributed by atoms with E-state index in [1.807, 2.05) is 56.4 Å². The molecule has 1 aromatic rings. The molecule has 3 nitrogen and oxygen atoms in total. The van der Waals surface area contributed by atoms with Gasteiger partial charge in [0.15, 0.2) is 0 Å². The standard InChI is InChI=1S/C14H19Cl3N2O/c1-13(2,3)19-12(14(15,16)17)18-11(20)9-10-7-5-4-6-8-10/h4-8,12,19H,9H2,1-3H3,(H,18,20)/p+1. The summed E-state index contributed by atoms with van der Waals surface area (Å²) in [6.45, 7) is 5.96. The summed E-state index contributed by atoms with van der Waals surface area (Å²) in [4.78, 5) is 12.0. The summed E-state index contributed by atoms with van der Waals surface area (Å²) in [5.41, 5.74) is 0.748. The Labute approximate surface area is 135 Å². The van der Waals surface area contributed by atoms with Crippen LogP contribution in [0.15, 0.2) is 30.3 Å². The van der Waals surface area contributed by atoms with Crippen LogP contribution in [0.2, 0.25) is 0 Å². The number of nitrogens with one attached hydrogen (secondary N) is 1. The Kier molecular flexibility index (Phi) is 6.14. The molecule has 0 radical (unpaired) electrons. The maximum atomic E-state index is 12.0. The fraction of sp³-hybridized carbons (Fsp3) is 0.500.